The number of carbonyl (C=O) groups is 1. The van der Waals surface area contributed by atoms with Gasteiger partial charge < -0.3 is 30.3 Å². The van der Waals surface area contributed by atoms with Crippen molar-refractivity contribution in [3.05, 3.63) is 40.2 Å². The van der Waals surface area contributed by atoms with Gasteiger partial charge in [0, 0.05) is 43.3 Å². The van der Waals surface area contributed by atoms with Gasteiger partial charge in [0.1, 0.15) is 11.1 Å². The molecule has 0 aliphatic carbocycles. The van der Waals surface area contributed by atoms with Crippen LogP contribution in [0, 0.1) is 0 Å². The van der Waals surface area contributed by atoms with E-state index < -0.39 is 11.7 Å². The van der Waals surface area contributed by atoms with Gasteiger partial charge in [0.2, 0.25) is 0 Å². The maximum Gasteiger partial charge on any atom is 0.407 e. The summed E-state index contributed by atoms with van der Waals surface area (Å²) in [6.07, 6.45) is -0.921. The molecule has 0 unspecified atom stereocenters. The Kier molecular flexibility index (Phi) is 3.98. The van der Waals surface area contributed by atoms with Crippen LogP contribution in [0.15, 0.2) is 38.6 Å². The highest BCUT2D eigenvalue weighted by molar-refractivity contribution is 5.99. The lowest BCUT2D eigenvalue weighted by atomic mass is 10.1. The van der Waals surface area contributed by atoms with E-state index in [1.165, 1.54) is 11.0 Å². The van der Waals surface area contributed by atoms with Gasteiger partial charge in [-0.05, 0) is 18.2 Å². The summed E-state index contributed by atoms with van der Waals surface area (Å²) in [7, 11) is 0. The second kappa shape index (κ2) is 6.11. The number of anilines is 1. The fourth-order valence-corrected chi connectivity index (χ4v) is 2.68. The number of amidine groups is 1. The van der Waals surface area contributed by atoms with E-state index in [1.807, 2.05) is 11.0 Å². The molecule has 126 valence electrons. The van der Waals surface area contributed by atoms with Crippen molar-refractivity contribution >= 4 is 28.6 Å². The predicted molar refractivity (Wildman–Crippen MR) is 86.8 cm³/mol. The first-order valence-electron chi connectivity index (χ1n) is 7.28. The number of benzene rings is 1. The molecule has 4 N–H and O–H groups in total. The van der Waals surface area contributed by atoms with E-state index >= 15 is 0 Å². The molecule has 24 heavy (non-hydrogen) atoms. The quantitative estimate of drug-likeness (QED) is 0.242. The zero-order chi connectivity index (χ0) is 17.3. The Bertz CT molecular complexity index is 868. The first kappa shape index (κ1) is 15.7. The van der Waals surface area contributed by atoms with Crippen LogP contribution in [0.4, 0.5) is 10.5 Å². The van der Waals surface area contributed by atoms with Crippen molar-refractivity contribution in [1.82, 2.24) is 4.90 Å². The van der Waals surface area contributed by atoms with Gasteiger partial charge in [0.05, 0.1) is 0 Å². The van der Waals surface area contributed by atoms with Crippen molar-refractivity contribution in [2.75, 3.05) is 31.1 Å². The number of oxime groups is 1. The van der Waals surface area contributed by atoms with E-state index in [-0.39, 0.29) is 11.4 Å². The summed E-state index contributed by atoms with van der Waals surface area (Å²) in [6.45, 7) is 1.95. The molecule has 0 atom stereocenters. The SMILES string of the molecule is NC(=NO)c1cc2ccc(N3CCN(C(=O)O)CC3)cc2oc1=O. The summed E-state index contributed by atoms with van der Waals surface area (Å²) in [4.78, 5) is 26.2. The molecule has 2 heterocycles. The van der Waals surface area contributed by atoms with Crippen LogP contribution in [0.1, 0.15) is 5.56 Å². The summed E-state index contributed by atoms with van der Waals surface area (Å²) in [5.41, 5.74) is 5.98. The van der Waals surface area contributed by atoms with Crippen molar-refractivity contribution < 1.29 is 19.5 Å². The van der Waals surface area contributed by atoms with Crippen LogP contribution in [-0.4, -0.2) is 53.3 Å². The van der Waals surface area contributed by atoms with E-state index in [4.69, 9.17) is 20.5 Å². The average molecular weight is 332 g/mol. The molecular formula is C15H16N4O5. The monoisotopic (exact) mass is 332 g/mol. The maximum atomic E-state index is 11.9. The minimum absolute atomic E-state index is 0.00665. The van der Waals surface area contributed by atoms with Crippen molar-refractivity contribution in [1.29, 1.82) is 0 Å². The van der Waals surface area contributed by atoms with Gasteiger partial charge in [-0.15, -0.1) is 0 Å². The lowest BCUT2D eigenvalue weighted by Crippen LogP contribution is -2.48. The molecular weight excluding hydrogens is 316 g/mol. The number of nitrogens with zero attached hydrogens (tertiary/aromatic N) is 3. The zero-order valence-corrected chi connectivity index (χ0v) is 12.7. The Morgan fingerprint density at radius 3 is 2.54 bits per heavy atom. The molecule has 2 aromatic rings. The third-order valence-electron chi connectivity index (χ3n) is 4.02. The van der Waals surface area contributed by atoms with Crippen LogP contribution < -0.4 is 16.3 Å². The third-order valence-corrected chi connectivity index (χ3v) is 4.02. The van der Waals surface area contributed by atoms with Gasteiger partial charge in [-0.2, -0.15) is 0 Å². The lowest BCUT2D eigenvalue weighted by molar-refractivity contribution is 0.142. The second-order valence-corrected chi connectivity index (χ2v) is 5.41. The first-order valence-corrected chi connectivity index (χ1v) is 7.28. The van der Waals surface area contributed by atoms with E-state index in [9.17, 15) is 9.59 Å². The summed E-state index contributed by atoms with van der Waals surface area (Å²) in [5.74, 6) is -0.306. The molecule has 9 nitrogen and oxygen atoms in total. The van der Waals surface area contributed by atoms with Crippen LogP contribution >= 0.6 is 0 Å². The Labute approximate surface area is 136 Å². The molecule has 1 amide bonds. The van der Waals surface area contributed by atoms with Crippen LogP contribution in [0.2, 0.25) is 0 Å². The highest BCUT2D eigenvalue weighted by Gasteiger charge is 2.21. The molecule has 1 saturated heterocycles. The number of hydrogen-bond donors (Lipinski definition) is 3. The number of amides is 1. The predicted octanol–water partition coefficient (Wildman–Crippen LogP) is 0.688. The van der Waals surface area contributed by atoms with Crippen molar-refractivity contribution in [2.45, 2.75) is 0 Å². The summed E-state index contributed by atoms with van der Waals surface area (Å²) in [6, 6.07) is 6.85. The fraction of sp³-hybridized carbons (Fsp3) is 0.267. The molecule has 9 heteroatoms. The third kappa shape index (κ3) is 2.83. The Morgan fingerprint density at radius 1 is 1.21 bits per heavy atom. The highest BCUT2D eigenvalue weighted by Crippen LogP contribution is 2.23. The minimum atomic E-state index is -0.921. The van der Waals surface area contributed by atoms with Gasteiger partial charge in [0.25, 0.3) is 0 Å². The van der Waals surface area contributed by atoms with E-state index in [0.717, 1.165) is 5.69 Å². The molecule has 0 bridgehead atoms. The summed E-state index contributed by atoms with van der Waals surface area (Å²) >= 11 is 0. The van der Waals surface area contributed by atoms with Gasteiger partial charge in [-0.3, -0.25) is 0 Å². The van der Waals surface area contributed by atoms with Gasteiger partial charge >= 0.3 is 11.7 Å². The standard InChI is InChI=1S/C15H16N4O5/c16-13(17-23)11-7-9-1-2-10(8-12(9)24-14(11)20)18-3-5-19(6-4-18)15(21)22/h1-2,7-8,23H,3-6H2,(H2,16,17)(H,21,22). The second-order valence-electron chi connectivity index (χ2n) is 5.41. The van der Waals surface area contributed by atoms with Gasteiger partial charge in [0.15, 0.2) is 5.84 Å². The van der Waals surface area contributed by atoms with Crippen LogP contribution in [0.25, 0.3) is 11.0 Å². The highest BCUT2D eigenvalue weighted by atomic mass is 16.4. The zero-order valence-electron chi connectivity index (χ0n) is 12.7. The Morgan fingerprint density at radius 2 is 1.92 bits per heavy atom. The lowest BCUT2D eigenvalue weighted by Gasteiger charge is -2.34. The normalized spacial score (nSPS) is 15.8. The molecule has 1 aliphatic heterocycles. The fourth-order valence-electron chi connectivity index (χ4n) is 2.68. The van der Waals surface area contributed by atoms with E-state index in [0.29, 0.717) is 37.1 Å². The number of piperazine rings is 1. The van der Waals surface area contributed by atoms with Crippen molar-refractivity contribution in [3.8, 4) is 0 Å². The number of carboxylic acid groups (broad SMARTS) is 1. The molecule has 1 fully saturated rings. The number of rotatable bonds is 2. The smallest absolute Gasteiger partial charge is 0.407 e. The van der Waals surface area contributed by atoms with E-state index in [2.05, 4.69) is 5.16 Å². The van der Waals surface area contributed by atoms with Crippen LogP contribution in [-0.2, 0) is 0 Å². The van der Waals surface area contributed by atoms with Crippen LogP contribution in [0.3, 0.4) is 0 Å². The van der Waals surface area contributed by atoms with Gasteiger partial charge in [-0.1, -0.05) is 5.16 Å². The molecule has 1 aromatic carbocycles. The molecule has 3 rings (SSSR count). The number of fused-ring (bicyclic) bond motifs is 1. The summed E-state index contributed by atoms with van der Waals surface area (Å²) < 4.78 is 5.25. The molecule has 0 spiro atoms. The van der Waals surface area contributed by atoms with Crippen molar-refractivity contribution in [2.24, 2.45) is 10.9 Å². The number of hydrogen-bond acceptors (Lipinski definition) is 6. The van der Waals surface area contributed by atoms with Crippen LogP contribution in [0.5, 0.6) is 0 Å². The molecule has 1 aliphatic rings. The molecule has 0 saturated carbocycles. The Balaban J connectivity index is 1.90. The Hall–Kier alpha value is -3.23. The maximum absolute atomic E-state index is 11.9. The molecule has 1 aromatic heterocycles. The van der Waals surface area contributed by atoms with Gasteiger partial charge in [-0.25, -0.2) is 9.59 Å². The van der Waals surface area contributed by atoms with Crippen molar-refractivity contribution in [3.63, 3.8) is 0 Å². The van der Waals surface area contributed by atoms with E-state index in [1.54, 1.807) is 12.1 Å². The first-order chi connectivity index (χ1) is 11.5. The minimum Gasteiger partial charge on any atom is -0.465 e. The molecule has 0 radical (unpaired) electrons. The largest absolute Gasteiger partial charge is 0.465 e. The average Bonchev–Trinajstić information content (AvgIpc) is 2.60. The topological polar surface area (TPSA) is 133 Å². The summed E-state index contributed by atoms with van der Waals surface area (Å²) in [5, 5.41) is 21.1. The number of nitrogens with two attached hydrogens (primary N) is 1.